The minimum atomic E-state index is -0.575. The molecule has 1 N–H and O–H groups in total. The van der Waals surface area contributed by atoms with E-state index >= 15 is 0 Å². The molecule has 0 aliphatic carbocycles. The van der Waals surface area contributed by atoms with Crippen molar-refractivity contribution >= 4 is 23.0 Å². The highest BCUT2D eigenvalue weighted by Gasteiger charge is 2.16. The van der Waals surface area contributed by atoms with Crippen molar-refractivity contribution < 1.29 is 23.5 Å². The van der Waals surface area contributed by atoms with Gasteiger partial charge in [0.05, 0.1) is 0 Å². The predicted molar refractivity (Wildman–Crippen MR) is 126 cm³/mol. The van der Waals surface area contributed by atoms with E-state index in [1.54, 1.807) is 39.0 Å². The summed E-state index contributed by atoms with van der Waals surface area (Å²) in [4.78, 5) is 36.4. The van der Waals surface area contributed by atoms with Gasteiger partial charge in [-0.1, -0.05) is 30.3 Å². The molecule has 0 aliphatic heterocycles. The summed E-state index contributed by atoms with van der Waals surface area (Å²) in [6, 6.07) is 14.7. The standard InChI is InChI=1S/C26H29NO6/c1-17-20-13-12-19(31-23(28)11-8-14-27-25(30)33-26(2,3)4)16-22(20)32-24(29)21(17)15-18-9-6-5-7-10-18/h5-7,9-10,12-13,16H,8,11,14-15H2,1-4H3,(H,27,30). The van der Waals surface area contributed by atoms with Gasteiger partial charge in [0.2, 0.25) is 0 Å². The number of nitrogens with one attached hydrogen (secondary N) is 1. The van der Waals surface area contributed by atoms with Gasteiger partial charge in [-0.05, 0) is 57.4 Å². The number of carbonyl (C=O) groups is 2. The van der Waals surface area contributed by atoms with Gasteiger partial charge in [0, 0.05) is 36.4 Å². The van der Waals surface area contributed by atoms with Gasteiger partial charge in [-0.3, -0.25) is 4.79 Å². The SMILES string of the molecule is Cc1c(Cc2ccccc2)c(=O)oc2cc(OC(=O)CCCNC(=O)OC(C)(C)C)ccc12. The van der Waals surface area contributed by atoms with E-state index in [2.05, 4.69) is 5.32 Å². The van der Waals surface area contributed by atoms with E-state index in [1.165, 1.54) is 0 Å². The highest BCUT2D eigenvalue weighted by molar-refractivity contribution is 5.83. The lowest BCUT2D eigenvalue weighted by Crippen LogP contribution is -2.33. The molecule has 3 aromatic rings. The van der Waals surface area contributed by atoms with Crippen LogP contribution in [0.2, 0.25) is 0 Å². The fourth-order valence-corrected chi connectivity index (χ4v) is 3.36. The fraction of sp³-hybridized carbons (Fsp3) is 0.346. The zero-order chi connectivity index (χ0) is 24.0. The van der Waals surface area contributed by atoms with E-state index in [1.807, 2.05) is 37.3 Å². The molecule has 0 spiro atoms. The fourth-order valence-electron chi connectivity index (χ4n) is 3.36. The van der Waals surface area contributed by atoms with Crippen molar-refractivity contribution in [3.63, 3.8) is 0 Å². The number of aryl methyl sites for hydroxylation is 1. The first kappa shape index (κ1) is 24.0. The van der Waals surface area contributed by atoms with Gasteiger partial charge in [-0.25, -0.2) is 9.59 Å². The average Bonchev–Trinajstić information content (AvgIpc) is 2.73. The zero-order valence-electron chi connectivity index (χ0n) is 19.4. The van der Waals surface area contributed by atoms with Gasteiger partial charge in [0.1, 0.15) is 16.9 Å². The highest BCUT2D eigenvalue weighted by Crippen LogP contribution is 2.25. The molecular formula is C26H29NO6. The second-order valence-corrected chi connectivity index (χ2v) is 8.82. The molecule has 0 bridgehead atoms. The molecule has 1 amide bonds. The Morgan fingerprint density at radius 3 is 2.48 bits per heavy atom. The van der Waals surface area contributed by atoms with Crippen LogP contribution in [0.15, 0.2) is 57.7 Å². The Morgan fingerprint density at radius 2 is 1.79 bits per heavy atom. The van der Waals surface area contributed by atoms with Crippen LogP contribution in [0.4, 0.5) is 4.79 Å². The van der Waals surface area contributed by atoms with E-state index in [4.69, 9.17) is 13.9 Å². The van der Waals surface area contributed by atoms with Crippen LogP contribution in [0, 0.1) is 6.92 Å². The van der Waals surface area contributed by atoms with Gasteiger partial charge in [0.25, 0.3) is 0 Å². The lowest BCUT2D eigenvalue weighted by molar-refractivity contribution is -0.134. The van der Waals surface area contributed by atoms with E-state index in [0.29, 0.717) is 36.3 Å². The lowest BCUT2D eigenvalue weighted by Gasteiger charge is -2.19. The average molecular weight is 452 g/mol. The van der Waals surface area contributed by atoms with Crippen LogP contribution in [0.25, 0.3) is 11.0 Å². The molecule has 0 unspecified atom stereocenters. The van der Waals surface area contributed by atoms with Crippen LogP contribution in [0.1, 0.15) is 50.3 Å². The third-order valence-electron chi connectivity index (χ3n) is 4.94. The molecular weight excluding hydrogens is 422 g/mol. The van der Waals surface area contributed by atoms with Crippen molar-refractivity contribution in [2.45, 2.75) is 52.6 Å². The third kappa shape index (κ3) is 6.94. The molecule has 0 atom stereocenters. The summed E-state index contributed by atoms with van der Waals surface area (Å²) >= 11 is 0. The van der Waals surface area contributed by atoms with Crippen molar-refractivity contribution in [2.24, 2.45) is 0 Å². The first-order chi connectivity index (χ1) is 15.6. The molecule has 2 aromatic carbocycles. The summed E-state index contributed by atoms with van der Waals surface area (Å²) in [7, 11) is 0. The van der Waals surface area contributed by atoms with Gasteiger partial charge in [-0.15, -0.1) is 0 Å². The predicted octanol–water partition coefficient (Wildman–Crippen LogP) is 4.90. The number of carbonyl (C=O) groups excluding carboxylic acids is 2. The van der Waals surface area contributed by atoms with E-state index < -0.39 is 23.3 Å². The number of hydrogen-bond donors (Lipinski definition) is 1. The molecule has 1 heterocycles. The first-order valence-corrected chi connectivity index (χ1v) is 10.9. The molecule has 0 fully saturated rings. The Balaban J connectivity index is 1.60. The number of rotatable bonds is 7. The van der Waals surface area contributed by atoms with Gasteiger partial charge >= 0.3 is 17.7 Å². The minimum Gasteiger partial charge on any atom is -0.444 e. The molecule has 1 aromatic heterocycles. The summed E-state index contributed by atoms with van der Waals surface area (Å²) in [5.41, 5.74) is 1.87. The van der Waals surface area contributed by atoms with Crippen LogP contribution in [0.3, 0.4) is 0 Å². The Labute approximate surface area is 192 Å². The normalized spacial score (nSPS) is 11.3. The summed E-state index contributed by atoms with van der Waals surface area (Å²) < 4.78 is 16.0. The number of ether oxygens (including phenoxy) is 2. The molecule has 0 saturated carbocycles. The molecule has 7 nitrogen and oxygen atoms in total. The Bertz CT molecular complexity index is 1190. The number of amides is 1. The molecule has 0 aliphatic rings. The number of hydrogen-bond acceptors (Lipinski definition) is 6. The number of esters is 1. The topological polar surface area (TPSA) is 94.8 Å². The number of fused-ring (bicyclic) bond motifs is 1. The summed E-state index contributed by atoms with van der Waals surface area (Å²) in [6.45, 7) is 7.52. The maximum absolute atomic E-state index is 12.6. The molecule has 0 radical (unpaired) electrons. The van der Waals surface area contributed by atoms with Gasteiger partial charge in [-0.2, -0.15) is 0 Å². The first-order valence-electron chi connectivity index (χ1n) is 10.9. The molecule has 174 valence electrons. The van der Waals surface area contributed by atoms with Gasteiger partial charge in [0.15, 0.2) is 0 Å². The summed E-state index contributed by atoms with van der Waals surface area (Å²) in [6.07, 6.45) is 0.483. The van der Waals surface area contributed by atoms with E-state index in [9.17, 15) is 14.4 Å². The van der Waals surface area contributed by atoms with E-state index in [-0.39, 0.29) is 6.42 Å². The van der Waals surface area contributed by atoms with Crippen molar-refractivity contribution in [3.05, 3.63) is 75.6 Å². The van der Waals surface area contributed by atoms with Gasteiger partial charge < -0.3 is 19.2 Å². The quantitative estimate of drug-likeness (QED) is 0.238. The molecule has 0 saturated heterocycles. The number of benzene rings is 2. The van der Waals surface area contributed by atoms with Crippen molar-refractivity contribution in [1.29, 1.82) is 0 Å². The summed E-state index contributed by atoms with van der Waals surface area (Å²) in [5.74, 6) is -0.147. The molecule has 7 heteroatoms. The van der Waals surface area contributed by atoms with Crippen LogP contribution < -0.4 is 15.7 Å². The molecule has 33 heavy (non-hydrogen) atoms. The Morgan fingerprint density at radius 1 is 1.06 bits per heavy atom. The smallest absolute Gasteiger partial charge is 0.407 e. The Hall–Kier alpha value is -3.61. The van der Waals surface area contributed by atoms with E-state index in [0.717, 1.165) is 16.5 Å². The van der Waals surface area contributed by atoms with Crippen molar-refractivity contribution in [2.75, 3.05) is 6.54 Å². The lowest BCUT2D eigenvalue weighted by atomic mass is 10.00. The minimum absolute atomic E-state index is 0.118. The largest absolute Gasteiger partial charge is 0.444 e. The monoisotopic (exact) mass is 451 g/mol. The van der Waals surface area contributed by atoms with Crippen LogP contribution in [0.5, 0.6) is 5.75 Å². The second kappa shape index (κ2) is 10.3. The van der Waals surface area contributed by atoms with Crippen LogP contribution >= 0.6 is 0 Å². The maximum Gasteiger partial charge on any atom is 0.407 e. The highest BCUT2D eigenvalue weighted by atomic mass is 16.6. The Kier molecular flexibility index (Phi) is 7.53. The van der Waals surface area contributed by atoms with Crippen molar-refractivity contribution in [1.82, 2.24) is 5.32 Å². The zero-order valence-corrected chi connectivity index (χ0v) is 19.4. The van der Waals surface area contributed by atoms with Crippen molar-refractivity contribution in [3.8, 4) is 5.75 Å². The summed E-state index contributed by atoms with van der Waals surface area (Å²) in [5, 5.41) is 3.39. The second-order valence-electron chi connectivity index (χ2n) is 8.82. The maximum atomic E-state index is 12.6. The molecule has 3 rings (SSSR count). The van der Waals surface area contributed by atoms with Crippen LogP contribution in [-0.4, -0.2) is 24.2 Å². The third-order valence-corrected chi connectivity index (χ3v) is 4.94. The van der Waals surface area contributed by atoms with Crippen LogP contribution in [-0.2, 0) is 16.0 Å². The number of alkyl carbamates (subject to hydrolysis) is 1.